The molecule has 0 spiro atoms. The van der Waals surface area contributed by atoms with Crippen molar-refractivity contribution in [3.63, 3.8) is 0 Å². The van der Waals surface area contributed by atoms with Crippen LogP contribution >= 0.6 is 0 Å². The highest BCUT2D eigenvalue weighted by atomic mass is 14.7. The van der Waals surface area contributed by atoms with Crippen LogP contribution in [-0.2, 0) is 0 Å². The lowest BCUT2D eigenvalue weighted by molar-refractivity contribution is 0.141. The number of hydrogen-bond acceptors (Lipinski definition) is 0. The van der Waals surface area contributed by atoms with Crippen molar-refractivity contribution in [2.45, 2.75) is 43.9 Å². The average molecular weight is 751 g/mol. The first-order valence-electron chi connectivity index (χ1n) is 23.0. The molecule has 0 radical (unpaired) electrons. The third-order valence-corrected chi connectivity index (χ3v) is 19.3. The summed E-state index contributed by atoms with van der Waals surface area (Å²) in [5.74, 6) is 12.8. The molecule has 15 rings (SSSR count). The van der Waals surface area contributed by atoms with E-state index in [1.54, 1.807) is 44.4 Å². The van der Waals surface area contributed by atoms with Gasteiger partial charge in [-0.05, 0) is 205 Å². The Morgan fingerprint density at radius 3 is 1.95 bits per heavy atom. The lowest BCUT2D eigenvalue weighted by Gasteiger charge is -2.40. The molecule has 0 heterocycles. The van der Waals surface area contributed by atoms with Crippen LogP contribution in [-0.4, -0.2) is 0 Å². The van der Waals surface area contributed by atoms with E-state index in [2.05, 4.69) is 142 Å². The second-order valence-corrected chi connectivity index (χ2v) is 20.6. The first kappa shape index (κ1) is 33.2. The number of benzene rings is 3. The Morgan fingerprint density at radius 1 is 0.569 bits per heavy atom. The molecule has 0 saturated heterocycles. The van der Waals surface area contributed by atoms with E-state index < -0.39 is 0 Å². The molecule has 0 amide bonds. The molecule has 12 aliphatic rings. The van der Waals surface area contributed by atoms with Crippen molar-refractivity contribution in [3.8, 4) is 0 Å². The fraction of sp³-hybridized carbons (Fsp3) is 0.379. The van der Waals surface area contributed by atoms with Gasteiger partial charge in [-0.3, -0.25) is 0 Å². The van der Waals surface area contributed by atoms with E-state index in [-0.39, 0.29) is 0 Å². The van der Waals surface area contributed by atoms with E-state index in [0.717, 1.165) is 71.5 Å². The molecule has 3 aromatic carbocycles. The zero-order chi connectivity index (χ0) is 38.3. The van der Waals surface area contributed by atoms with Crippen LogP contribution in [0, 0.1) is 88.8 Å². The van der Waals surface area contributed by atoms with Crippen molar-refractivity contribution < 1.29 is 0 Å². The Balaban J connectivity index is 0.000000116. The minimum Gasteiger partial charge on any atom is -0.103 e. The highest BCUT2D eigenvalue weighted by Gasteiger charge is 2.68. The van der Waals surface area contributed by atoms with Crippen LogP contribution in [0.3, 0.4) is 0 Å². The van der Waals surface area contributed by atoms with E-state index >= 15 is 0 Å². The largest absolute Gasteiger partial charge is 0.103 e. The van der Waals surface area contributed by atoms with Gasteiger partial charge in [-0.2, -0.15) is 0 Å². The molecule has 0 aromatic heterocycles. The van der Waals surface area contributed by atoms with E-state index in [4.69, 9.17) is 0 Å². The quantitative estimate of drug-likeness (QED) is 0.184. The predicted octanol–water partition coefficient (Wildman–Crippen LogP) is 13.7. The van der Waals surface area contributed by atoms with Crippen LogP contribution < -0.4 is 0 Å². The van der Waals surface area contributed by atoms with Gasteiger partial charge in [-0.25, -0.2) is 0 Å². The summed E-state index contributed by atoms with van der Waals surface area (Å²) in [7, 11) is 0. The fourth-order valence-corrected chi connectivity index (χ4v) is 18.0. The average Bonchev–Trinajstić information content (AvgIpc) is 4.13. The third-order valence-electron chi connectivity index (χ3n) is 19.3. The molecule has 17 atom stereocenters. The maximum atomic E-state index is 4.25. The minimum atomic E-state index is 0.514. The molecule has 286 valence electrons. The third kappa shape index (κ3) is 3.82. The molecule has 12 aliphatic carbocycles. The van der Waals surface area contributed by atoms with Gasteiger partial charge in [0, 0.05) is 5.92 Å². The van der Waals surface area contributed by atoms with Crippen LogP contribution in [0.25, 0.3) is 21.5 Å². The van der Waals surface area contributed by atoms with E-state index in [9.17, 15) is 0 Å². The summed E-state index contributed by atoms with van der Waals surface area (Å²) < 4.78 is 0. The minimum absolute atomic E-state index is 0.514. The number of allylic oxidation sites excluding steroid dienone is 18. The summed E-state index contributed by atoms with van der Waals surface area (Å²) in [6, 6.07) is 18.6. The standard InChI is InChI=1S/C30H28.C28H26/c1-3-15-12-16(4-2)26-23-14-22(25(15)26)29-20-11-10-18-9-8-17-6-5-7-19-13-21(30(23)29)28(20)27(18)24(17)19;1-3-15-12-16(4-2)24-22-14-21(23(15)24)26-20-11-7-9-18-13-17-8-5-6-10-19(17)27(25(18)20)28(22)26/h3-5,7-11,13,15-16,22-23,25-27,29-30H,1-2,6,12,14H2;3-11,13,15-16,21-24,26,28H,1-2,12,14H2. The molecule has 3 aromatic rings. The first-order chi connectivity index (χ1) is 28.6. The van der Waals surface area contributed by atoms with Crippen molar-refractivity contribution in [1.29, 1.82) is 0 Å². The van der Waals surface area contributed by atoms with Gasteiger partial charge in [-0.15, -0.1) is 26.3 Å². The summed E-state index contributed by atoms with van der Waals surface area (Å²) >= 11 is 0. The van der Waals surface area contributed by atoms with Gasteiger partial charge in [0.2, 0.25) is 0 Å². The Hall–Kier alpha value is -4.68. The molecule has 6 saturated carbocycles. The van der Waals surface area contributed by atoms with Crippen LogP contribution in [0.5, 0.6) is 0 Å². The summed E-state index contributed by atoms with van der Waals surface area (Å²) in [4.78, 5) is 0. The van der Waals surface area contributed by atoms with Gasteiger partial charge >= 0.3 is 0 Å². The van der Waals surface area contributed by atoms with Crippen molar-refractivity contribution in [3.05, 3.63) is 192 Å². The first-order valence-corrected chi connectivity index (χ1v) is 23.0. The predicted molar refractivity (Wildman–Crippen MR) is 240 cm³/mol. The van der Waals surface area contributed by atoms with Crippen molar-refractivity contribution in [2.75, 3.05) is 0 Å². The van der Waals surface area contributed by atoms with E-state index in [1.807, 2.05) is 0 Å². The summed E-state index contributed by atoms with van der Waals surface area (Å²) in [5.41, 5.74) is 14.7. The van der Waals surface area contributed by atoms with Crippen LogP contribution in [0.1, 0.15) is 55.1 Å². The molecular weight excluding hydrogens is 697 g/mol. The molecule has 0 aliphatic heterocycles. The second-order valence-electron chi connectivity index (χ2n) is 20.6. The summed E-state index contributed by atoms with van der Waals surface area (Å²) in [6.07, 6.45) is 32.8. The van der Waals surface area contributed by atoms with Crippen molar-refractivity contribution >= 4 is 21.5 Å². The molecule has 17 unspecified atom stereocenters. The Bertz CT molecular complexity index is 2690. The zero-order valence-corrected chi connectivity index (χ0v) is 33.6. The number of rotatable bonds is 4. The number of hydrogen-bond donors (Lipinski definition) is 0. The Kier molecular flexibility index (Phi) is 6.60. The monoisotopic (exact) mass is 750 g/mol. The summed E-state index contributed by atoms with van der Waals surface area (Å²) in [5, 5.41) is 5.96. The molecular formula is C58H54. The maximum Gasteiger partial charge on any atom is 0.0354 e. The lowest BCUT2D eigenvalue weighted by Crippen LogP contribution is -2.35. The SMILES string of the molecule is C=CC1CC(C=C)C2C3CC(C4C5=CC6=C7C(=CC=C8C=CC(=C5C87)C34)CC=C6)C12.C=CC1CC(C=C)C2C3CC(C4c5cccc6cc7ccccc7c(c56)C34)C12. The highest BCUT2D eigenvalue weighted by molar-refractivity contribution is 6.06. The maximum absolute atomic E-state index is 4.25. The van der Waals surface area contributed by atoms with Gasteiger partial charge in [0.15, 0.2) is 0 Å². The smallest absolute Gasteiger partial charge is 0.0354 e. The molecule has 6 fully saturated rings. The molecule has 0 heteroatoms. The highest BCUT2D eigenvalue weighted by Crippen LogP contribution is 2.76. The van der Waals surface area contributed by atoms with Gasteiger partial charge in [0.1, 0.15) is 0 Å². The van der Waals surface area contributed by atoms with Crippen molar-refractivity contribution in [1.82, 2.24) is 0 Å². The van der Waals surface area contributed by atoms with E-state index in [0.29, 0.717) is 35.5 Å². The zero-order valence-electron chi connectivity index (χ0n) is 33.6. The molecule has 58 heavy (non-hydrogen) atoms. The van der Waals surface area contributed by atoms with Crippen LogP contribution in [0.2, 0.25) is 0 Å². The molecule has 0 N–H and O–H groups in total. The second kappa shape index (κ2) is 11.5. The van der Waals surface area contributed by atoms with Crippen LogP contribution in [0.4, 0.5) is 0 Å². The van der Waals surface area contributed by atoms with E-state index in [1.165, 1.54) is 53.0 Å². The van der Waals surface area contributed by atoms with Gasteiger partial charge in [0.25, 0.3) is 0 Å². The normalized spacial score (nSPS) is 43.7. The Morgan fingerprint density at radius 2 is 1.22 bits per heavy atom. The Labute approximate surface area is 344 Å². The molecule has 0 nitrogen and oxygen atoms in total. The lowest BCUT2D eigenvalue weighted by atomic mass is 9.64. The number of fused-ring (bicyclic) bond motifs is 22. The topological polar surface area (TPSA) is 0 Å². The summed E-state index contributed by atoms with van der Waals surface area (Å²) in [6.45, 7) is 17.0. The van der Waals surface area contributed by atoms with Gasteiger partial charge in [0.05, 0.1) is 0 Å². The molecule has 4 bridgehead atoms. The van der Waals surface area contributed by atoms with Gasteiger partial charge in [-0.1, -0.05) is 109 Å². The van der Waals surface area contributed by atoms with Crippen molar-refractivity contribution in [2.24, 2.45) is 88.8 Å². The fourth-order valence-electron chi connectivity index (χ4n) is 18.0. The van der Waals surface area contributed by atoms with Gasteiger partial charge < -0.3 is 0 Å². The van der Waals surface area contributed by atoms with Crippen LogP contribution in [0.15, 0.2) is 181 Å².